The third kappa shape index (κ3) is 6.43. The average molecular weight is 724 g/mol. The molecule has 0 saturated heterocycles. The topological polar surface area (TPSA) is 76.8 Å². The maximum atomic E-state index is 14.1. The maximum Gasteiger partial charge on any atom is 0.262 e. The Hall–Kier alpha value is -4.44. The zero-order valence-electron chi connectivity index (χ0n) is 25.3. The number of benzene rings is 5. The molecule has 5 aromatic carbocycles. The van der Waals surface area contributed by atoms with Crippen LogP contribution in [0.5, 0.6) is 5.75 Å². The van der Waals surface area contributed by atoms with Crippen molar-refractivity contribution in [2.24, 2.45) is 5.10 Å². The smallest absolute Gasteiger partial charge is 0.262 e. The van der Waals surface area contributed by atoms with E-state index < -0.39 is 0 Å². The minimum atomic E-state index is -0.303. The summed E-state index contributed by atoms with van der Waals surface area (Å²) in [6.07, 6.45) is 0.557. The molecule has 234 valence electrons. The van der Waals surface area contributed by atoms with E-state index in [1.54, 1.807) is 34.9 Å². The number of carbonyl (C=O) groups excluding carboxylic acids is 1. The second-order valence-electron chi connectivity index (χ2n) is 11.2. The van der Waals surface area contributed by atoms with Crippen molar-refractivity contribution in [1.29, 1.82) is 0 Å². The minimum Gasteiger partial charge on any atom is -0.497 e. The SMILES string of the molecule is COc1ccc(C2CC(c3ccc4ccccc4c3)=NN2C(=O)CSc2nc3ccc(Br)cc3c(=O)n2Cc2ccccc2Cl)cc1. The zero-order valence-corrected chi connectivity index (χ0v) is 28.4. The van der Waals surface area contributed by atoms with Gasteiger partial charge in [0.15, 0.2) is 5.16 Å². The average Bonchev–Trinajstić information content (AvgIpc) is 3.55. The Balaban J connectivity index is 1.23. The van der Waals surface area contributed by atoms with Crippen LogP contribution in [-0.4, -0.2) is 39.0 Å². The molecule has 6 aromatic rings. The highest BCUT2D eigenvalue weighted by Crippen LogP contribution is 2.35. The molecule has 0 aliphatic carbocycles. The highest BCUT2D eigenvalue weighted by atomic mass is 79.9. The van der Waals surface area contributed by atoms with Gasteiger partial charge in [0.2, 0.25) is 0 Å². The number of rotatable bonds is 8. The number of carbonyl (C=O) groups is 1. The number of methoxy groups -OCH3 is 1. The van der Waals surface area contributed by atoms with Gasteiger partial charge in [-0.3, -0.25) is 14.2 Å². The Labute approximate surface area is 289 Å². The Morgan fingerprint density at radius 2 is 1.72 bits per heavy atom. The van der Waals surface area contributed by atoms with E-state index >= 15 is 0 Å². The number of nitrogens with zero attached hydrogens (tertiary/aromatic N) is 4. The fourth-order valence-corrected chi connectivity index (χ4v) is 7.19. The summed E-state index contributed by atoms with van der Waals surface area (Å²) < 4.78 is 7.74. The van der Waals surface area contributed by atoms with Crippen LogP contribution in [-0.2, 0) is 11.3 Å². The summed E-state index contributed by atoms with van der Waals surface area (Å²) in [6.45, 7) is 0.215. The van der Waals surface area contributed by atoms with E-state index in [1.807, 2.05) is 60.7 Å². The second-order valence-corrected chi connectivity index (χ2v) is 13.4. The molecule has 0 spiro atoms. The van der Waals surface area contributed by atoms with E-state index in [0.717, 1.165) is 43.4 Å². The molecule has 0 fully saturated rings. The van der Waals surface area contributed by atoms with Crippen LogP contribution in [0.2, 0.25) is 5.02 Å². The summed E-state index contributed by atoms with van der Waals surface area (Å²) in [7, 11) is 1.63. The highest BCUT2D eigenvalue weighted by Gasteiger charge is 2.33. The fraction of sp³-hybridized carbons (Fsp3) is 0.135. The maximum absolute atomic E-state index is 14.1. The summed E-state index contributed by atoms with van der Waals surface area (Å²) in [5, 5.41) is 10.2. The molecule has 0 saturated carbocycles. The van der Waals surface area contributed by atoms with Crippen LogP contribution in [0.4, 0.5) is 0 Å². The fourth-order valence-electron chi connectivity index (χ4n) is 5.78. The van der Waals surface area contributed by atoms with Gasteiger partial charge < -0.3 is 4.74 Å². The molecule has 2 heterocycles. The molecule has 1 amide bonds. The first-order chi connectivity index (χ1) is 22.9. The molecule has 7 nitrogen and oxygen atoms in total. The Bertz CT molecular complexity index is 2240. The molecule has 7 rings (SSSR count). The van der Waals surface area contributed by atoms with Crippen molar-refractivity contribution >= 4 is 72.6 Å². The van der Waals surface area contributed by atoms with Crippen molar-refractivity contribution in [3.8, 4) is 5.75 Å². The lowest BCUT2D eigenvalue weighted by Crippen LogP contribution is -2.29. The Kier molecular flexibility index (Phi) is 8.86. The molecule has 1 atom stereocenters. The Morgan fingerprint density at radius 3 is 2.51 bits per heavy atom. The summed E-state index contributed by atoms with van der Waals surface area (Å²) in [5.74, 6) is 0.570. The first-order valence-electron chi connectivity index (χ1n) is 15.0. The predicted octanol–water partition coefficient (Wildman–Crippen LogP) is 8.49. The predicted molar refractivity (Wildman–Crippen MR) is 193 cm³/mol. The molecule has 0 bridgehead atoms. The Morgan fingerprint density at radius 1 is 0.957 bits per heavy atom. The van der Waals surface area contributed by atoms with Crippen LogP contribution < -0.4 is 10.3 Å². The van der Waals surface area contributed by atoms with Gasteiger partial charge in [-0.25, -0.2) is 9.99 Å². The van der Waals surface area contributed by atoms with Crippen LogP contribution in [0, 0.1) is 0 Å². The van der Waals surface area contributed by atoms with Crippen molar-refractivity contribution in [3.05, 3.63) is 146 Å². The highest BCUT2D eigenvalue weighted by molar-refractivity contribution is 9.10. The number of thioether (sulfide) groups is 1. The van der Waals surface area contributed by atoms with Crippen LogP contribution in [0.3, 0.4) is 0 Å². The molecule has 0 radical (unpaired) electrons. The van der Waals surface area contributed by atoms with Crippen LogP contribution >= 0.6 is 39.3 Å². The van der Waals surface area contributed by atoms with E-state index in [4.69, 9.17) is 26.4 Å². The summed E-state index contributed by atoms with van der Waals surface area (Å²) in [6, 6.07) is 34.7. The van der Waals surface area contributed by atoms with Gasteiger partial charge in [-0.15, -0.1) is 0 Å². The minimum absolute atomic E-state index is 0.0259. The number of hydrogen-bond acceptors (Lipinski definition) is 6. The van der Waals surface area contributed by atoms with Gasteiger partial charge >= 0.3 is 0 Å². The van der Waals surface area contributed by atoms with E-state index in [-0.39, 0.29) is 29.8 Å². The number of hydrogen-bond donors (Lipinski definition) is 0. The third-order valence-electron chi connectivity index (χ3n) is 8.24. The number of halogens is 2. The first kappa shape index (κ1) is 31.2. The van der Waals surface area contributed by atoms with Crippen molar-refractivity contribution in [3.63, 3.8) is 0 Å². The van der Waals surface area contributed by atoms with Crippen molar-refractivity contribution in [2.45, 2.75) is 24.2 Å². The van der Waals surface area contributed by atoms with E-state index in [9.17, 15) is 9.59 Å². The number of hydrazone groups is 1. The molecule has 47 heavy (non-hydrogen) atoms. The molecular weight excluding hydrogens is 696 g/mol. The zero-order chi connectivity index (χ0) is 32.5. The van der Waals surface area contributed by atoms with E-state index in [0.29, 0.717) is 27.5 Å². The lowest BCUT2D eigenvalue weighted by molar-refractivity contribution is -0.130. The van der Waals surface area contributed by atoms with Gasteiger partial charge in [0.1, 0.15) is 5.75 Å². The molecular formula is C37H28BrClN4O3S. The second kappa shape index (κ2) is 13.4. The standard InChI is InChI=1S/C37H28BrClN4O3S/c1-46-29-15-12-24(13-16-29)34-20-33(26-11-10-23-6-2-3-7-25(23)18-26)41-43(34)35(44)22-47-37-40-32-17-14-28(38)19-30(32)36(45)42(37)21-27-8-4-5-9-31(27)39/h2-19,34H,20-22H2,1H3. The van der Waals surface area contributed by atoms with Gasteiger partial charge in [0, 0.05) is 15.9 Å². The van der Waals surface area contributed by atoms with Crippen LogP contribution in [0.15, 0.2) is 129 Å². The number of aromatic nitrogens is 2. The summed E-state index contributed by atoms with van der Waals surface area (Å²) in [4.78, 5) is 32.7. The lowest BCUT2D eigenvalue weighted by atomic mass is 9.97. The van der Waals surface area contributed by atoms with Gasteiger partial charge in [0.05, 0.1) is 42.1 Å². The van der Waals surface area contributed by atoms with Crippen molar-refractivity contribution in [2.75, 3.05) is 12.9 Å². The molecule has 1 aliphatic rings. The normalized spacial score (nSPS) is 14.5. The third-order valence-corrected chi connectivity index (χ3v) is 10.1. The number of amides is 1. The van der Waals surface area contributed by atoms with Gasteiger partial charge in [-0.1, -0.05) is 106 Å². The van der Waals surface area contributed by atoms with E-state index in [1.165, 1.54) is 11.8 Å². The molecule has 1 unspecified atom stereocenters. The van der Waals surface area contributed by atoms with Gasteiger partial charge in [0.25, 0.3) is 11.5 Å². The van der Waals surface area contributed by atoms with Gasteiger partial charge in [-0.2, -0.15) is 5.10 Å². The van der Waals surface area contributed by atoms with Gasteiger partial charge in [-0.05, 0) is 69.9 Å². The monoisotopic (exact) mass is 722 g/mol. The van der Waals surface area contributed by atoms with Crippen LogP contribution in [0.25, 0.3) is 21.7 Å². The molecule has 1 aliphatic heterocycles. The molecule has 0 N–H and O–H groups in total. The lowest BCUT2D eigenvalue weighted by Gasteiger charge is -2.22. The first-order valence-corrected chi connectivity index (χ1v) is 17.1. The molecule has 10 heteroatoms. The van der Waals surface area contributed by atoms with Crippen molar-refractivity contribution in [1.82, 2.24) is 14.6 Å². The summed E-state index contributed by atoms with van der Waals surface area (Å²) >= 11 is 11.2. The molecule has 1 aromatic heterocycles. The quantitative estimate of drug-likeness (QED) is 0.116. The summed E-state index contributed by atoms with van der Waals surface area (Å²) in [5.41, 5.74) is 3.89. The van der Waals surface area contributed by atoms with Crippen molar-refractivity contribution < 1.29 is 9.53 Å². The van der Waals surface area contributed by atoms with Crippen LogP contribution in [0.1, 0.15) is 29.2 Å². The van der Waals surface area contributed by atoms with E-state index in [2.05, 4.69) is 46.3 Å². The largest absolute Gasteiger partial charge is 0.497 e. The number of ether oxygens (including phenoxy) is 1. The number of fused-ring (bicyclic) bond motifs is 2.